The molecule has 0 aliphatic heterocycles. The molecule has 0 heterocycles. The van der Waals surface area contributed by atoms with Crippen LogP contribution in [0.2, 0.25) is 0 Å². The van der Waals surface area contributed by atoms with E-state index in [2.05, 4.69) is 16.1 Å². The SMILES string of the molecule is O=C(Nc1c2c(cc3c1CCC3)CCC2)[C@H](CNS(=O)(=O)c1ccc([N+](=O)[O-])cc1)c1ccccc1. The number of fused-ring (bicyclic) bond motifs is 2. The molecule has 0 radical (unpaired) electrons. The van der Waals surface area contributed by atoms with Crippen LogP contribution in [0.15, 0.2) is 65.6 Å². The number of benzene rings is 3. The number of amides is 1. The lowest BCUT2D eigenvalue weighted by Crippen LogP contribution is -2.34. The molecule has 0 saturated heterocycles. The molecule has 186 valence electrons. The van der Waals surface area contributed by atoms with E-state index in [1.54, 1.807) is 0 Å². The monoisotopic (exact) mass is 505 g/mol. The van der Waals surface area contributed by atoms with Crippen molar-refractivity contribution < 1.29 is 18.1 Å². The number of hydrogen-bond acceptors (Lipinski definition) is 5. The van der Waals surface area contributed by atoms with E-state index in [-0.39, 0.29) is 23.0 Å². The highest BCUT2D eigenvalue weighted by molar-refractivity contribution is 7.89. The van der Waals surface area contributed by atoms with Gasteiger partial charge in [-0.1, -0.05) is 36.4 Å². The molecular formula is C27H27N3O5S. The zero-order valence-corrected chi connectivity index (χ0v) is 20.5. The van der Waals surface area contributed by atoms with Crippen molar-refractivity contribution in [2.45, 2.75) is 49.3 Å². The van der Waals surface area contributed by atoms with E-state index in [4.69, 9.17) is 0 Å². The Balaban J connectivity index is 1.41. The smallest absolute Gasteiger partial charge is 0.269 e. The highest BCUT2D eigenvalue weighted by atomic mass is 32.2. The quantitative estimate of drug-likeness (QED) is 0.350. The molecule has 0 bridgehead atoms. The molecule has 2 aliphatic carbocycles. The number of non-ortho nitro benzene ring substituents is 1. The normalized spacial score (nSPS) is 15.2. The van der Waals surface area contributed by atoms with Crippen molar-refractivity contribution in [3.05, 3.63) is 98.6 Å². The van der Waals surface area contributed by atoms with Crippen LogP contribution >= 0.6 is 0 Å². The summed E-state index contributed by atoms with van der Waals surface area (Å²) in [7, 11) is -3.98. The van der Waals surface area contributed by atoms with Crippen LogP contribution in [0.1, 0.15) is 46.6 Å². The maximum atomic E-state index is 13.7. The Morgan fingerprint density at radius 3 is 2.11 bits per heavy atom. The van der Waals surface area contributed by atoms with Crippen LogP contribution in [-0.2, 0) is 40.5 Å². The molecule has 36 heavy (non-hydrogen) atoms. The van der Waals surface area contributed by atoms with Gasteiger partial charge in [0.1, 0.15) is 0 Å². The van der Waals surface area contributed by atoms with Gasteiger partial charge in [-0.25, -0.2) is 13.1 Å². The number of aryl methyl sites for hydroxylation is 2. The van der Waals surface area contributed by atoms with Crippen LogP contribution in [0.25, 0.3) is 0 Å². The van der Waals surface area contributed by atoms with Crippen molar-refractivity contribution in [3.63, 3.8) is 0 Å². The number of nitro groups is 1. The fourth-order valence-corrected chi connectivity index (χ4v) is 6.30. The van der Waals surface area contributed by atoms with Crippen molar-refractivity contribution >= 4 is 27.3 Å². The van der Waals surface area contributed by atoms with Gasteiger partial charge in [-0.05, 0) is 78.5 Å². The molecule has 0 spiro atoms. The van der Waals surface area contributed by atoms with Gasteiger partial charge in [0.15, 0.2) is 0 Å². The van der Waals surface area contributed by atoms with E-state index >= 15 is 0 Å². The zero-order valence-electron chi connectivity index (χ0n) is 19.7. The largest absolute Gasteiger partial charge is 0.325 e. The molecule has 0 fully saturated rings. The molecule has 0 saturated carbocycles. The standard InChI is InChI=1S/C27H27N3O5S/c31-27(29-26-23-10-4-8-19(23)16-20-9-5-11-24(20)26)25(18-6-2-1-3-7-18)17-28-36(34,35)22-14-12-21(13-15-22)30(32)33/h1-3,6-7,12-16,25,28H,4-5,8-11,17H2,(H,29,31)/t25-/m1/s1. The van der Waals surface area contributed by atoms with Gasteiger partial charge in [0.05, 0.1) is 15.7 Å². The predicted molar refractivity (Wildman–Crippen MR) is 137 cm³/mol. The predicted octanol–water partition coefficient (Wildman–Crippen LogP) is 4.27. The van der Waals surface area contributed by atoms with Crippen LogP contribution in [0, 0.1) is 10.1 Å². The molecule has 2 N–H and O–H groups in total. The van der Waals surface area contributed by atoms with Crippen LogP contribution in [0.3, 0.4) is 0 Å². The summed E-state index contributed by atoms with van der Waals surface area (Å²) in [5.74, 6) is -1.02. The average molecular weight is 506 g/mol. The molecular weight excluding hydrogens is 478 g/mol. The fraction of sp³-hybridized carbons (Fsp3) is 0.296. The third-order valence-electron chi connectivity index (χ3n) is 7.07. The lowest BCUT2D eigenvalue weighted by atomic mass is 9.95. The number of rotatable bonds is 8. The molecule has 1 atom stereocenters. The summed E-state index contributed by atoms with van der Waals surface area (Å²) in [6, 6.07) is 16.1. The molecule has 0 aromatic heterocycles. The second-order valence-electron chi connectivity index (χ2n) is 9.29. The molecule has 9 heteroatoms. The minimum atomic E-state index is -3.98. The summed E-state index contributed by atoms with van der Waals surface area (Å²) in [4.78, 5) is 23.9. The average Bonchev–Trinajstić information content (AvgIpc) is 3.54. The first-order valence-electron chi connectivity index (χ1n) is 12.1. The van der Waals surface area contributed by atoms with Gasteiger partial charge >= 0.3 is 0 Å². The van der Waals surface area contributed by atoms with Gasteiger partial charge in [-0.15, -0.1) is 0 Å². The van der Waals surface area contributed by atoms with E-state index in [9.17, 15) is 23.3 Å². The summed E-state index contributed by atoms with van der Waals surface area (Å²) >= 11 is 0. The molecule has 1 amide bonds. The fourth-order valence-electron chi connectivity index (χ4n) is 5.25. The summed E-state index contributed by atoms with van der Waals surface area (Å²) in [5.41, 5.74) is 6.46. The van der Waals surface area contributed by atoms with Gasteiger partial charge in [-0.2, -0.15) is 0 Å². The molecule has 0 unspecified atom stereocenters. The number of anilines is 1. The highest BCUT2D eigenvalue weighted by Gasteiger charge is 2.29. The van der Waals surface area contributed by atoms with Crippen molar-refractivity contribution in [2.75, 3.05) is 11.9 Å². The topological polar surface area (TPSA) is 118 Å². The van der Waals surface area contributed by atoms with E-state index in [1.165, 1.54) is 34.4 Å². The maximum Gasteiger partial charge on any atom is 0.269 e. The van der Waals surface area contributed by atoms with Crippen molar-refractivity contribution in [1.29, 1.82) is 0 Å². The van der Waals surface area contributed by atoms with Crippen LogP contribution in [-0.4, -0.2) is 25.8 Å². The Labute approximate surface area is 209 Å². The molecule has 8 nitrogen and oxygen atoms in total. The molecule has 3 aromatic rings. The molecule has 5 rings (SSSR count). The Morgan fingerprint density at radius 2 is 1.53 bits per heavy atom. The van der Waals surface area contributed by atoms with E-state index < -0.39 is 20.9 Å². The van der Waals surface area contributed by atoms with Gasteiger partial charge in [0.25, 0.3) is 5.69 Å². The van der Waals surface area contributed by atoms with E-state index in [0.717, 1.165) is 56.3 Å². The van der Waals surface area contributed by atoms with Gasteiger partial charge in [0.2, 0.25) is 15.9 Å². The van der Waals surface area contributed by atoms with E-state index in [0.29, 0.717) is 5.56 Å². The summed E-state index contributed by atoms with van der Waals surface area (Å²) < 4.78 is 28.4. The third kappa shape index (κ3) is 4.76. The molecule has 2 aliphatic rings. The maximum absolute atomic E-state index is 13.7. The lowest BCUT2D eigenvalue weighted by molar-refractivity contribution is -0.384. The first-order chi connectivity index (χ1) is 17.3. The zero-order chi connectivity index (χ0) is 25.3. The second-order valence-corrected chi connectivity index (χ2v) is 11.1. The summed E-state index contributed by atoms with van der Waals surface area (Å²) in [6.07, 6.45) is 6.03. The second kappa shape index (κ2) is 9.83. The van der Waals surface area contributed by atoms with Crippen LogP contribution in [0.4, 0.5) is 11.4 Å². The Kier molecular flexibility index (Phi) is 6.59. The van der Waals surface area contributed by atoms with E-state index in [1.807, 2.05) is 30.3 Å². The number of carbonyl (C=O) groups is 1. The highest BCUT2D eigenvalue weighted by Crippen LogP contribution is 2.39. The third-order valence-corrected chi connectivity index (χ3v) is 8.51. The Hall–Kier alpha value is -3.56. The van der Waals surface area contributed by atoms with Crippen LogP contribution < -0.4 is 10.0 Å². The lowest BCUT2D eigenvalue weighted by Gasteiger charge is -2.21. The number of nitrogens with zero attached hydrogens (tertiary/aromatic N) is 1. The number of nitro benzene ring substituents is 1. The Bertz CT molecular complexity index is 1390. The minimum absolute atomic E-state index is 0.0981. The van der Waals surface area contributed by atoms with Crippen molar-refractivity contribution in [1.82, 2.24) is 4.72 Å². The number of hydrogen-bond donors (Lipinski definition) is 2. The first kappa shape index (κ1) is 24.1. The number of sulfonamides is 1. The minimum Gasteiger partial charge on any atom is -0.325 e. The number of nitrogens with one attached hydrogen (secondary N) is 2. The van der Waals surface area contributed by atoms with Gasteiger partial charge in [0, 0.05) is 24.4 Å². The summed E-state index contributed by atoms with van der Waals surface area (Å²) in [5, 5.41) is 14.1. The van der Waals surface area contributed by atoms with Crippen molar-refractivity contribution in [3.8, 4) is 0 Å². The van der Waals surface area contributed by atoms with Crippen molar-refractivity contribution in [2.24, 2.45) is 0 Å². The van der Waals surface area contributed by atoms with Gasteiger partial charge in [-0.3, -0.25) is 14.9 Å². The van der Waals surface area contributed by atoms with Crippen LogP contribution in [0.5, 0.6) is 0 Å². The first-order valence-corrected chi connectivity index (χ1v) is 13.6. The summed E-state index contributed by atoms with van der Waals surface area (Å²) in [6.45, 7) is -0.146. The van der Waals surface area contributed by atoms with Gasteiger partial charge < -0.3 is 5.32 Å². The molecule has 3 aromatic carbocycles. The Morgan fingerprint density at radius 1 is 0.917 bits per heavy atom. The number of carbonyl (C=O) groups excluding carboxylic acids is 1.